The zero-order valence-corrected chi connectivity index (χ0v) is 13.3. The monoisotopic (exact) mass is 338 g/mol. The molecule has 0 aliphatic carbocycles. The van der Waals surface area contributed by atoms with E-state index >= 15 is 0 Å². The highest BCUT2D eigenvalue weighted by atomic mass is 79.9. The van der Waals surface area contributed by atoms with Crippen molar-refractivity contribution in [2.45, 2.75) is 19.4 Å². The molecule has 3 nitrogen and oxygen atoms in total. The molecule has 0 bridgehead atoms. The lowest BCUT2D eigenvalue weighted by Crippen LogP contribution is -2.86. The summed E-state index contributed by atoms with van der Waals surface area (Å²) in [6.45, 7) is 4.21. The summed E-state index contributed by atoms with van der Waals surface area (Å²) >= 11 is 3.62. The number of rotatable bonds is 7. The molecule has 0 saturated carbocycles. The van der Waals surface area contributed by atoms with Crippen molar-refractivity contribution in [2.75, 3.05) is 19.7 Å². The van der Waals surface area contributed by atoms with Crippen molar-refractivity contribution in [3.05, 3.63) is 40.9 Å². The lowest BCUT2D eigenvalue weighted by Gasteiger charge is -2.10. The van der Waals surface area contributed by atoms with Crippen LogP contribution in [0.1, 0.15) is 13.3 Å². The van der Waals surface area contributed by atoms with Gasteiger partial charge in [-0.2, -0.15) is 0 Å². The van der Waals surface area contributed by atoms with Gasteiger partial charge in [-0.3, -0.25) is 0 Å². The zero-order chi connectivity index (χ0) is 14.4. The highest BCUT2D eigenvalue weighted by Gasteiger charge is 2.06. The van der Waals surface area contributed by atoms with Crippen molar-refractivity contribution < 1.29 is 15.2 Å². The minimum atomic E-state index is -0.245. The van der Waals surface area contributed by atoms with Crippen LogP contribution < -0.4 is 10.1 Å². The second-order valence-corrected chi connectivity index (χ2v) is 5.76. The van der Waals surface area contributed by atoms with E-state index < -0.39 is 0 Å². The van der Waals surface area contributed by atoms with Crippen LogP contribution in [0.3, 0.4) is 0 Å². The first-order chi connectivity index (χ1) is 9.68. The first-order valence-corrected chi connectivity index (χ1v) is 7.77. The third-order valence-corrected chi connectivity index (χ3v) is 3.96. The molecule has 0 radical (unpaired) electrons. The van der Waals surface area contributed by atoms with Crippen molar-refractivity contribution in [1.29, 1.82) is 0 Å². The minimum Gasteiger partial charge on any atom is -0.492 e. The van der Waals surface area contributed by atoms with Crippen LogP contribution in [0.25, 0.3) is 10.8 Å². The van der Waals surface area contributed by atoms with Crippen LogP contribution in [0.15, 0.2) is 40.9 Å². The number of nitrogens with two attached hydrogens (primary N) is 1. The van der Waals surface area contributed by atoms with Crippen molar-refractivity contribution in [3.8, 4) is 5.75 Å². The quantitative estimate of drug-likeness (QED) is 0.761. The highest BCUT2D eigenvalue weighted by molar-refractivity contribution is 9.10. The lowest BCUT2D eigenvalue weighted by molar-refractivity contribution is -0.660. The topological polar surface area (TPSA) is 46.1 Å². The van der Waals surface area contributed by atoms with E-state index in [0.717, 1.165) is 29.7 Å². The van der Waals surface area contributed by atoms with Crippen molar-refractivity contribution in [1.82, 2.24) is 0 Å². The number of fused-ring (bicyclic) bond motifs is 1. The Balaban J connectivity index is 1.86. The fourth-order valence-corrected chi connectivity index (χ4v) is 2.70. The third-order valence-electron chi connectivity index (χ3n) is 3.15. The van der Waals surface area contributed by atoms with Gasteiger partial charge >= 0.3 is 0 Å². The molecule has 2 rings (SSSR count). The maximum absolute atomic E-state index is 9.16. The smallest absolute Gasteiger partial charge is 0.134 e. The number of aliphatic hydroxyl groups excluding tert-OH is 1. The van der Waals surface area contributed by atoms with Crippen LogP contribution in [-0.4, -0.2) is 30.9 Å². The predicted molar refractivity (Wildman–Crippen MR) is 85.1 cm³/mol. The lowest BCUT2D eigenvalue weighted by atomic mass is 10.1. The van der Waals surface area contributed by atoms with E-state index in [1.165, 1.54) is 10.8 Å². The minimum absolute atomic E-state index is 0.245. The Labute approximate surface area is 128 Å². The molecule has 20 heavy (non-hydrogen) atoms. The molecule has 0 aliphatic rings. The van der Waals surface area contributed by atoms with Gasteiger partial charge in [0.05, 0.1) is 23.7 Å². The molecule has 0 fully saturated rings. The van der Waals surface area contributed by atoms with E-state index in [-0.39, 0.29) is 6.10 Å². The largest absolute Gasteiger partial charge is 0.492 e. The number of aliphatic hydroxyl groups is 1. The fourth-order valence-electron chi connectivity index (χ4n) is 2.09. The molecule has 1 atom stereocenters. The molecule has 2 aromatic carbocycles. The average Bonchev–Trinajstić information content (AvgIpc) is 2.45. The SMILES string of the molecule is C[C@H](O)C[NH2+]CCCOc1ccc2ccccc2c1Br. The van der Waals surface area contributed by atoms with E-state index in [2.05, 4.69) is 39.4 Å². The number of halogens is 1. The third kappa shape index (κ3) is 4.20. The molecule has 0 aliphatic heterocycles. The number of benzene rings is 2. The van der Waals surface area contributed by atoms with Crippen molar-refractivity contribution in [2.24, 2.45) is 0 Å². The zero-order valence-electron chi connectivity index (χ0n) is 11.7. The number of hydrogen-bond donors (Lipinski definition) is 2. The van der Waals surface area contributed by atoms with Gasteiger partial charge in [-0.1, -0.05) is 30.3 Å². The molecule has 3 N–H and O–H groups in total. The van der Waals surface area contributed by atoms with Gasteiger partial charge in [-0.15, -0.1) is 0 Å². The molecule has 0 heterocycles. The van der Waals surface area contributed by atoms with Gasteiger partial charge in [-0.05, 0) is 39.7 Å². The Morgan fingerprint density at radius 3 is 2.85 bits per heavy atom. The summed E-state index contributed by atoms with van der Waals surface area (Å²) < 4.78 is 6.84. The summed E-state index contributed by atoms with van der Waals surface area (Å²) in [6.07, 6.45) is 0.719. The Morgan fingerprint density at radius 1 is 1.25 bits per heavy atom. The summed E-state index contributed by atoms with van der Waals surface area (Å²) in [7, 11) is 0. The normalized spacial score (nSPS) is 12.6. The molecule has 2 aromatic rings. The Bertz CT molecular complexity index is 557. The molecule has 108 valence electrons. The molecule has 0 unspecified atom stereocenters. The molecule has 0 aromatic heterocycles. The van der Waals surface area contributed by atoms with Gasteiger partial charge in [0.1, 0.15) is 12.3 Å². The number of hydrogen-bond acceptors (Lipinski definition) is 2. The van der Waals surface area contributed by atoms with Gasteiger partial charge < -0.3 is 15.2 Å². The van der Waals surface area contributed by atoms with Crippen LogP contribution in [0.4, 0.5) is 0 Å². The summed E-state index contributed by atoms with van der Waals surface area (Å²) in [5.41, 5.74) is 0. The first-order valence-electron chi connectivity index (χ1n) is 6.98. The van der Waals surface area contributed by atoms with E-state index in [9.17, 15) is 0 Å². The average molecular weight is 339 g/mol. The second-order valence-electron chi connectivity index (χ2n) is 4.96. The molecule has 0 spiro atoms. The van der Waals surface area contributed by atoms with E-state index in [4.69, 9.17) is 9.84 Å². The fraction of sp³-hybridized carbons (Fsp3) is 0.375. The van der Waals surface area contributed by atoms with Crippen LogP contribution in [0.5, 0.6) is 5.75 Å². The van der Waals surface area contributed by atoms with Crippen LogP contribution in [0, 0.1) is 0 Å². The van der Waals surface area contributed by atoms with Gasteiger partial charge in [0, 0.05) is 6.42 Å². The Morgan fingerprint density at radius 2 is 2.05 bits per heavy atom. The molecule has 0 amide bonds. The molecule has 4 heteroatoms. The van der Waals surface area contributed by atoms with Crippen LogP contribution in [-0.2, 0) is 0 Å². The first kappa shape index (κ1) is 15.3. The van der Waals surface area contributed by atoms with Gasteiger partial charge in [-0.25, -0.2) is 0 Å². The molecular weight excluding hydrogens is 318 g/mol. The summed E-state index contributed by atoms with van der Waals surface area (Å²) in [6, 6.07) is 12.3. The van der Waals surface area contributed by atoms with Crippen LogP contribution >= 0.6 is 15.9 Å². The van der Waals surface area contributed by atoms with Crippen LogP contribution in [0.2, 0.25) is 0 Å². The summed E-state index contributed by atoms with van der Waals surface area (Å²) in [5, 5.41) is 13.6. The van der Waals surface area contributed by atoms with Gasteiger partial charge in [0.15, 0.2) is 0 Å². The van der Waals surface area contributed by atoms with Gasteiger partial charge in [0.25, 0.3) is 0 Å². The van der Waals surface area contributed by atoms with Crippen molar-refractivity contribution in [3.63, 3.8) is 0 Å². The Kier molecular flexibility index (Phi) is 5.83. The number of quaternary nitrogens is 1. The second kappa shape index (κ2) is 7.62. The number of ether oxygens (including phenoxy) is 1. The predicted octanol–water partition coefficient (Wildman–Crippen LogP) is 2.32. The Hall–Kier alpha value is -1.10. The molecular formula is C16H21BrNO2+. The molecule has 0 saturated heterocycles. The summed E-state index contributed by atoms with van der Waals surface area (Å²) in [5.74, 6) is 0.888. The van der Waals surface area contributed by atoms with E-state index in [1.807, 2.05) is 18.2 Å². The van der Waals surface area contributed by atoms with Crippen molar-refractivity contribution >= 4 is 26.7 Å². The standard InChI is InChI=1S/C16H20BrNO2/c1-12(19)11-18-9-4-10-20-15-8-7-13-5-2-3-6-14(13)16(15)17/h2-3,5-8,12,18-19H,4,9-11H2,1H3/p+1/t12-/m0/s1. The van der Waals surface area contributed by atoms with Gasteiger partial charge in [0.2, 0.25) is 0 Å². The highest BCUT2D eigenvalue weighted by Crippen LogP contribution is 2.32. The maximum atomic E-state index is 9.16. The summed E-state index contributed by atoms with van der Waals surface area (Å²) in [4.78, 5) is 0. The van der Waals surface area contributed by atoms with E-state index in [1.54, 1.807) is 6.92 Å². The maximum Gasteiger partial charge on any atom is 0.134 e. The van der Waals surface area contributed by atoms with E-state index in [0.29, 0.717) is 6.61 Å².